The van der Waals surface area contributed by atoms with Gasteiger partial charge in [-0.15, -0.1) is 0 Å². The zero-order valence-electron chi connectivity index (χ0n) is 20.0. The number of ether oxygens (including phenoxy) is 2. The number of pyridine rings is 1. The average Bonchev–Trinajstić information content (AvgIpc) is 2.90. The minimum atomic E-state index is -0.268. The zero-order chi connectivity index (χ0) is 24.8. The van der Waals surface area contributed by atoms with E-state index in [-0.39, 0.29) is 24.3 Å². The number of hydrazone groups is 1. The lowest BCUT2D eigenvalue weighted by Gasteiger charge is -2.30. The first-order valence-electron chi connectivity index (χ1n) is 11.4. The SMILES string of the molecule is CCC1CC(=O)N(Cc2ccccc2NC(=O)c2cccnc2)N=C1c1ccc(OC)c(OC)c1. The van der Waals surface area contributed by atoms with Gasteiger partial charge in [-0.05, 0) is 48.4 Å². The molecule has 2 aromatic carbocycles. The maximum atomic E-state index is 13.0. The summed E-state index contributed by atoms with van der Waals surface area (Å²) < 4.78 is 10.8. The molecule has 8 heteroatoms. The van der Waals surface area contributed by atoms with Crippen molar-refractivity contribution in [3.63, 3.8) is 0 Å². The number of para-hydroxylation sites is 1. The first-order chi connectivity index (χ1) is 17.0. The molecule has 2 amide bonds. The Hall–Kier alpha value is -4.20. The van der Waals surface area contributed by atoms with Crippen LogP contribution in [-0.2, 0) is 11.3 Å². The van der Waals surface area contributed by atoms with Crippen LogP contribution in [0.25, 0.3) is 0 Å². The molecule has 0 radical (unpaired) electrons. The lowest BCUT2D eigenvalue weighted by molar-refractivity contribution is -0.133. The van der Waals surface area contributed by atoms with E-state index >= 15 is 0 Å². The number of carbonyl (C=O) groups excluding carboxylic acids is 2. The largest absolute Gasteiger partial charge is 0.493 e. The number of carbonyl (C=O) groups is 2. The molecule has 1 aromatic heterocycles. The van der Waals surface area contributed by atoms with Crippen LogP contribution in [0.15, 0.2) is 72.1 Å². The molecule has 0 aliphatic carbocycles. The molecule has 0 bridgehead atoms. The third-order valence-corrected chi connectivity index (χ3v) is 6.01. The summed E-state index contributed by atoms with van der Waals surface area (Å²) in [6.45, 7) is 2.28. The van der Waals surface area contributed by atoms with Crippen LogP contribution in [0.4, 0.5) is 5.69 Å². The van der Waals surface area contributed by atoms with Gasteiger partial charge in [-0.2, -0.15) is 5.10 Å². The predicted molar refractivity (Wildman–Crippen MR) is 134 cm³/mol. The fourth-order valence-electron chi connectivity index (χ4n) is 4.06. The van der Waals surface area contributed by atoms with E-state index in [2.05, 4.69) is 10.3 Å². The van der Waals surface area contributed by atoms with E-state index in [1.807, 2.05) is 49.4 Å². The maximum absolute atomic E-state index is 13.0. The van der Waals surface area contributed by atoms with Gasteiger partial charge in [0, 0.05) is 36.0 Å². The Morgan fingerprint density at radius 1 is 1.09 bits per heavy atom. The Labute approximate surface area is 204 Å². The molecule has 1 atom stereocenters. The van der Waals surface area contributed by atoms with Crippen LogP contribution in [0.3, 0.4) is 0 Å². The van der Waals surface area contributed by atoms with Gasteiger partial charge in [-0.25, -0.2) is 5.01 Å². The van der Waals surface area contributed by atoms with E-state index in [1.165, 1.54) is 11.2 Å². The smallest absolute Gasteiger partial charge is 0.257 e. The molecular weight excluding hydrogens is 444 g/mol. The van der Waals surface area contributed by atoms with Crippen molar-refractivity contribution in [1.82, 2.24) is 9.99 Å². The van der Waals surface area contributed by atoms with Crippen molar-refractivity contribution in [2.75, 3.05) is 19.5 Å². The monoisotopic (exact) mass is 472 g/mol. The van der Waals surface area contributed by atoms with E-state index < -0.39 is 0 Å². The molecule has 4 rings (SSSR count). The van der Waals surface area contributed by atoms with Crippen molar-refractivity contribution in [2.45, 2.75) is 26.3 Å². The molecule has 1 unspecified atom stereocenters. The van der Waals surface area contributed by atoms with E-state index in [0.717, 1.165) is 23.3 Å². The molecular formula is C27H28N4O4. The highest BCUT2D eigenvalue weighted by atomic mass is 16.5. The predicted octanol–water partition coefficient (Wildman–Crippen LogP) is 4.51. The first kappa shape index (κ1) is 23.9. The molecule has 1 aliphatic rings. The van der Waals surface area contributed by atoms with Gasteiger partial charge in [0.05, 0.1) is 32.0 Å². The van der Waals surface area contributed by atoms with Crippen LogP contribution < -0.4 is 14.8 Å². The third-order valence-electron chi connectivity index (χ3n) is 6.01. The number of rotatable bonds is 8. The highest BCUT2D eigenvalue weighted by molar-refractivity contribution is 6.06. The summed E-state index contributed by atoms with van der Waals surface area (Å²) >= 11 is 0. The molecule has 2 heterocycles. The molecule has 180 valence electrons. The summed E-state index contributed by atoms with van der Waals surface area (Å²) in [6, 6.07) is 16.5. The lowest BCUT2D eigenvalue weighted by atomic mass is 9.89. The van der Waals surface area contributed by atoms with E-state index in [4.69, 9.17) is 14.6 Å². The molecule has 0 fully saturated rings. The fourth-order valence-corrected chi connectivity index (χ4v) is 4.06. The summed E-state index contributed by atoms with van der Waals surface area (Å²) in [5, 5.41) is 9.18. The topological polar surface area (TPSA) is 93.1 Å². The van der Waals surface area contributed by atoms with Gasteiger partial charge in [0.25, 0.3) is 5.91 Å². The van der Waals surface area contributed by atoms with Crippen molar-refractivity contribution in [3.8, 4) is 11.5 Å². The summed E-state index contributed by atoms with van der Waals surface area (Å²) in [6.07, 6.45) is 4.26. The number of benzene rings is 2. The van der Waals surface area contributed by atoms with E-state index in [0.29, 0.717) is 29.2 Å². The standard InChI is InChI=1S/C27H28N4O4/c1-4-18-15-25(32)31(30-26(18)19-11-12-23(34-2)24(14-19)35-3)17-21-8-5-6-10-22(21)29-27(33)20-9-7-13-28-16-20/h5-14,16,18H,4,15,17H2,1-3H3,(H,29,33). The second-order valence-electron chi connectivity index (χ2n) is 8.17. The van der Waals surface area contributed by atoms with Crippen molar-refractivity contribution in [1.29, 1.82) is 0 Å². The average molecular weight is 473 g/mol. The summed E-state index contributed by atoms with van der Waals surface area (Å²) in [7, 11) is 3.18. The Kier molecular flexibility index (Phi) is 7.40. The number of hydrogen-bond acceptors (Lipinski definition) is 6. The normalized spacial score (nSPS) is 15.4. The Bertz CT molecular complexity index is 1240. The van der Waals surface area contributed by atoms with Crippen LogP contribution >= 0.6 is 0 Å². The Morgan fingerprint density at radius 2 is 1.89 bits per heavy atom. The van der Waals surface area contributed by atoms with Crippen LogP contribution in [0.5, 0.6) is 11.5 Å². The molecule has 0 spiro atoms. The van der Waals surface area contributed by atoms with Gasteiger partial charge >= 0.3 is 0 Å². The van der Waals surface area contributed by atoms with Crippen molar-refractivity contribution < 1.29 is 19.1 Å². The summed E-state index contributed by atoms with van der Waals surface area (Å²) in [4.78, 5) is 29.7. The molecule has 1 N–H and O–H groups in total. The zero-order valence-corrected chi connectivity index (χ0v) is 20.0. The van der Waals surface area contributed by atoms with Crippen LogP contribution in [0, 0.1) is 5.92 Å². The highest BCUT2D eigenvalue weighted by Gasteiger charge is 2.30. The minimum absolute atomic E-state index is 0.00243. The van der Waals surface area contributed by atoms with Gasteiger partial charge in [0.2, 0.25) is 5.91 Å². The van der Waals surface area contributed by atoms with Crippen molar-refractivity contribution in [3.05, 3.63) is 83.7 Å². The van der Waals surface area contributed by atoms with Crippen molar-refractivity contribution in [2.24, 2.45) is 11.0 Å². The summed E-state index contributed by atoms with van der Waals surface area (Å²) in [5.74, 6) is 0.907. The van der Waals surface area contributed by atoms with Crippen LogP contribution in [0.2, 0.25) is 0 Å². The van der Waals surface area contributed by atoms with Gasteiger partial charge in [-0.1, -0.05) is 25.1 Å². The number of hydrogen-bond donors (Lipinski definition) is 1. The van der Waals surface area contributed by atoms with Crippen LogP contribution in [-0.4, -0.2) is 41.7 Å². The maximum Gasteiger partial charge on any atom is 0.257 e. The minimum Gasteiger partial charge on any atom is -0.493 e. The number of anilines is 1. The van der Waals surface area contributed by atoms with E-state index in [9.17, 15) is 9.59 Å². The number of aromatic nitrogens is 1. The molecule has 0 saturated heterocycles. The van der Waals surface area contributed by atoms with Gasteiger partial charge in [-0.3, -0.25) is 14.6 Å². The van der Waals surface area contributed by atoms with Gasteiger partial charge < -0.3 is 14.8 Å². The molecule has 8 nitrogen and oxygen atoms in total. The second kappa shape index (κ2) is 10.8. The molecule has 1 aliphatic heterocycles. The first-order valence-corrected chi connectivity index (χ1v) is 11.4. The lowest BCUT2D eigenvalue weighted by Crippen LogP contribution is -2.37. The molecule has 3 aromatic rings. The second-order valence-corrected chi connectivity index (χ2v) is 8.17. The number of methoxy groups -OCH3 is 2. The number of amides is 2. The highest BCUT2D eigenvalue weighted by Crippen LogP contribution is 2.32. The number of nitrogens with zero attached hydrogens (tertiary/aromatic N) is 3. The quantitative estimate of drug-likeness (QED) is 0.521. The van der Waals surface area contributed by atoms with Crippen molar-refractivity contribution >= 4 is 23.2 Å². The van der Waals surface area contributed by atoms with Gasteiger partial charge in [0.1, 0.15) is 0 Å². The third kappa shape index (κ3) is 5.32. The Morgan fingerprint density at radius 3 is 2.60 bits per heavy atom. The van der Waals surface area contributed by atoms with E-state index in [1.54, 1.807) is 32.5 Å². The summed E-state index contributed by atoms with van der Waals surface area (Å²) in [5.41, 5.74) is 3.56. The van der Waals surface area contributed by atoms with Crippen LogP contribution in [0.1, 0.15) is 41.3 Å². The Balaban J connectivity index is 1.63. The fraction of sp³-hybridized carbons (Fsp3) is 0.259. The molecule has 0 saturated carbocycles. The number of nitrogens with one attached hydrogen (secondary N) is 1. The van der Waals surface area contributed by atoms with Gasteiger partial charge in [0.15, 0.2) is 11.5 Å². The molecule has 35 heavy (non-hydrogen) atoms.